The van der Waals surface area contributed by atoms with E-state index in [1.807, 2.05) is 13.8 Å². The lowest BCUT2D eigenvalue weighted by Crippen LogP contribution is -2.42. The second kappa shape index (κ2) is 8.94. The minimum atomic E-state index is -4.47. The summed E-state index contributed by atoms with van der Waals surface area (Å²) >= 11 is 0. The largest absolute Gasteiger partial charge is 0.435 e. The average Bonchev–Trinajstić information content (AvgIpc) is 2.84. The molecule has 1 atom stereocenters. The fourth-order valence-electron chi connectivity index (χ4n) is 2.27. The number of aliphatic imine (C=N–C) groups is 1. The number of hydrogen-bond donors (Lipinski definition) is 2. The maximum Gasteiger partial charge on any atom is 0.435 e. The van der Waals surface area contributed by atoms with Crippen LogP contribution in [-0.4, -0.2) is 28.3 Å². The molecular weight excluding hydrogens is 319 g/mol. The molecule has 0 saturated heterocycles. The van der Waals surface area contributed by atoms with E-state index in [1.54, 1.807) is 0 Å². The van der Waals surface area contributed by atoms with Gasteiger partial charge in [-0.25, -0.2) is 4.99 Å². The summed E-state index contributed by atoms with van der Waals surface area (Å²) in [6.45, 7) is 8.85. The Bertz CT molecular complexity index is 534. The zero-order valence-corrected chi connectivity index (χ0v) is 15.0. The Morgan fingerprint density at radius 3 is 2.50 bits per heavy atom. The van der Waals surface area contributed by atoms with E-state index in [9.17, 15) is 13.2 Å². The van der Waals surface area contributed by atoms with Gasteiger partial charge in [0.25, 0.3) is 0 Å². The summed E-state index contributed by atoms with van der Waals surface area (Å²) in [5.74, 6) is 1.13. The Morgan fingerprint density at radius 1 is 1.29 bits per heavy atom. The molecule has 0 spiro atoms. The van der Waals surface area contributed by atoms with Crippen molar-refractivity contribution in [1.29, 1.82) is 0 Å². The van der Waals surface area contributed by atoms with E-state index in [1.165, 1.54) is 17.9 Å². The first-order valence-corrected chi connectivity index (χ1v) is 8.28. The summed E-state index contributed by atoms with van der Waals surface area (Å²) in [7, 11) is 1.47. The molecule has 1 rings (SSSR count). The van der Waals surface area contributed by atoms with E-state index in [-0.39, 0.29) is 18.2 Å². The van der Waals surface area contributed by atoms with Crippen molar-refractivity contribution in [3.05, 3.63) is 17.5 Å². The van der Waals surface area contributed by atoms with Crippen LogP contribution in [0.15, 0.2) is 11.2 Å². The number of alkyl halides is 3. The highest BCUT2D eigenvalue weighted by Gasteiger charge is 2.36. The molecule has 1 heterocycles. The zero-order valence-electron chi connectivity index (χ0n) is 15.0. The Balaban J connectivity index is 2.79. The van der Waals surface area contributed by atoms with Crippen molar-refractivity contribution >= 4 is 5.96 Å². The van der Waals surface area contributed by atoms with Gasteiger partial charge in [-0.05, 0) is 32.6 Å². The van der Waals surface area contributed by atoms with E-state index >= 15 is 0 Å². The molecule has 0 aliphatic rings. The van der Waals surface area contributed by atoms with Crippen LogP contribution in [0.5, 0.6) is 0 Å². The minimum Gasteiger partial charge on any atom is -0.357 e. The summed E-state index contributed by atoms with van der Waals surface area (Å²) < 4.78 is 40.1. The van der Waals surface area contributed by atoms with Crippen molar-refractivity contribution in [2.24, 2.45) is 18.0 Å². The van der Waals surface area contributed by atoms with Crippen LogP contribution in [0.25, 0.3) is 0 Å². The van der Waals surface area contributed by atoms with Gasteiger partial charge in [-0.1, -0.05) is 13.8 Å². The number of hydrogen-bond acceptors (Lipinski definition) is 2. The van der Waals surface area contributed by atoms with Crippen LogP contribution in [0.2, 0.25) is 0 Å². The van der Waals surface area contributed by atoms with E-state index in [4.69, 9.17) is 0 Å². The molecule has 8 heteroatoms. The van der Waals surface area contributed by atoms with Crippen molar-refractivity contribution in [1.82, 2.24) is 20.4 Å². The minimum absolute atomic E-state index is 0.0667. The summed E-state index contributed by atoms with van der Waals surface area (Å²) in [5.41, 5.74) is -0.811. The van der Waals surface area contributed by atoms with Gasteiger partial charge in [0.15, 0.2) is 11.7 Å². The van der Waals surface area contributed by atoms with Gasteiger partial charge in [-0.2, -0.15) is 18.3 Å². The molecule has 1 unspecified atom stereocenters. The lowest BCUT2D eigenvalue weighted by Gasteiger charge is -2.18. The van der Waals surface area contributed by atoms with Crippen molar-refractivity contribution in [3.63, 3.8) is 0 Å². The molecule has 0 amide bonds. The number of aryl methyl sites for hydroxylation is 1. The molecule has 2 N–H and O–H groups in total. The third-order valence-electron chi connectivity index (χ3n) is 3.48. The van der Waals surface area contributed by atoms with Gasteiger partial charge in [-0.15, -0.1) is 0 Å². The fourth-order valence-corrected chi connectivity index (χ4v) is 2.27. The number of rotatable bonds is 7. The summed E-state index contributed by atoms with van der Waals surface area (Å²) in [4.78, 5) is 4.28. The van der Waals surface area contributed by atoms with E-state index in [2.05, 4.69) is 34.6 Å². The lowest BCUT2D eigenvalue weighted by molar-refractivity contribution is -0.142. The average molecular weight is 347 g/mol. The van der Waals surface area contributed by atoms with Crippen LogP contribution in [-0.2, 0) is 19.8 Å². The Hall–Kier alpha value is -1.73. The van der Waals surface area contributed by atoms with Crippen molar-refractivity contribution in [2.75, 3.05) is 6.54 Å². The standard InChI is InChI=1S/C16H28F3N5/c1-6-20-15(22-12(4)8-7-11(2)3)21-9-13-10-24(5)23-14(13)16(17,18)19/h10-12H,6-9H2,1-5H3,(H2,20,21,22). The predicted octanol–water partition coefficient (Wildman–Crippen LogP) is 3.32. The van der Waals surface area contributed by atoms with Crippen LogP contribution in [0, 0.1) is 5.92 Å². The molecule has 0 aliphatic heterocycles. The van der Waals surface area contributed by atoms with Gasteiger partial charge in [0.05, 0.1) is 6.54 Å². The molecule has 24 heavy (non-hydrogen) atoms. The smallest absolute Gasteiger partial charge is 0.357 e. The molecule has 0 fully saturated rings. The maximum absolute atomic E-state index is 13.0. The molecule has 138 valence electrons. The van der Waals surface area contributed by atoms with Crippen molar-refractivity contribution in [3.8, 4) is 0 Å². The molecule has 0 aromatic carbocycles. The first-order chi connectivity index (χ1) is 11.1. The zero-order chi connectivity index (χ0) is 18.3. The Labute approximate surface area is 141 Å². The third kappa shape index (κ3) is 6.80. The van der Waals surface area contributed by atoms with Crippen LogP contribution in [0.4, 0.5) is 13.2 Å². The molecule has 5 nitrogen and oxygen atoms in total. The molecule has 0 saturated carbocycles. The van der Waals surface area contributed by atoms with Gasteiger partial charge in [0.2, 0.25) is 0 Å². The molecule has 1 aromatic rings. The van der Waals surface area contributed by atoms with E-state index < -0.39 is 11.9 Å². The van der Waals surface area contributed by atoms with Crippen LogP contribution in [0.3, 0.4) is 0 Å². The normalized spacial score (nSPS) is 14.1. The van der Waals surface area contributed by atoms with Gasteiger partial charge in [-0.3, -0.25) is 4.68 Å². The fraction of sp³-hybridized carbons (Fsp3) is 0.750. The van der Waals surface area contributed by atoms with Gasteiger partial charge < -0.3 is 10.6 Å². The number of nitrogens with one attached hydrogen (secondary N) is 2. The number of guanidine groups is 1. The number of aromatic nitrogens is 2. The second-order valence-corrected chi connectivity index (χ2v) is 6.39. The predicted molar refractivity (Wildman–Crippen MR) is 89.7 cm³/mol. The lowest BCUT2D eigenvalue weighted by atomic mass is 10.0. The maximum atomic E-state index is 13.0. The van der Waals surface area contributed by atoms with Crippen LogP contribution >= 0.6 is 0 Å². The van der Waals surface area contributed by atoms with Gasteiger partial charge >= 0.3 is 6.18 Å². The molecular formula is C16H28F3N5. The highest BCUT2D eigenvalue weighted by molar-refractivity contribution is 5.80. The van der Waals surface area contributed by atoms with Crippen molar-refractivity contribution in [2.45, 2.75) is 59.3 Å². The monoisotopic (exact) mass is 347 g/mol. The molecule has 0 radical (unpaired) electrons. The SMILES string of the molecule is CCNC(=NCc1cn(C)nc1C(F)(F)F)NC(C)CCC(C)C. The molecule has 0 bridgehead atoms. The van der Waals surface area contributed by atoms with Crippen LogP contribution < -0.4 is 10.6 Å². The third-order valence-corrected chi connectivity index (χ3v) is 3.48. The van der Waals surface area contributed by atoms with E-state index in [0.29, 0.717) is 18.4 Å². The molecule has 1 aromatic heterocycles. The summed E-state index contributed by atoms with van der Waals surface area (Å²) in [5, 5.41) is 9.80. The first-order valence-electron chi connectivity index (χ1n) is 8.28. The van der Waals surface area contributed by atoms with Crippen molar-refractivity contribution < 1.29 is 13.2 Å². The van der Waals surface area contributed by atoms with Gasteiger partial charge in [0, 0.05) is 31.4 Å². The Morgan fingerprint density at radius 2 is 1.96 bits per heavy atom. The van der Waals surface area contributed by atoms with E-state index in [0.717, 1.165) is 12.8 Å². The number of halogens is 3. The van der Waals surface area contributed by atoms with Crippen LogP contribution in [0.1, 0.15) is 51.8 Å². The second-order valence-electron chi connectivity index (χ2n) is 6.39. The summed E-state index contributed by atoms with van der Waals surface area (Å²) in [6.07, 6.45) is -1.06. The summed E-state index contributed by atoms with van der Waals surface area (Å²) in [6, 6.07) is 0.196. The highest BCUT2D eigenvalue weighted by atomic mass is 19.4. The van der Waals surface area contributed by atoms with Gasteiger partial charge in [0.1, 0.15) is 0 Å². The quantitative estimate of drug-likeness (QED) is 0.588. The topological polar surface area (TPSA) is 54.2 Å². The molecule has 0 aliphatic carbocycles. The number of nitrogens with zero attached hydrogens (tertiary/aromatic N) is 3. The first kappa shape index (κ1) is 20.3. The Kier molecular flexibility index (Phi) is 7.57. The highest BCUT2D eigenvalue weighted by Crippen LogP contribution is 2.30.